The monoisotopic (exact) mass is 555 g/mol. The van der Waals surface area contributed by atoms with Crippen LogP contribution < -0.4 is 5.32 Å². The zero-order valence-electron chi connectivity index (χ0n) is 21.2. The van der Waals surface area contributed by atoms with Gasteiger partial charge in [-0.15, -0.1) is 11.8 Å². The quantitative estimate of drug-likeness (QED) is 0.352. The highest BCUT2D eigenvalue weighted by molar-refractivity contribution is 8.01. The summed E-state index contributed by atoms with van der Waals surface area (Å²) >= 11 is 13.8. The molecule has 8 heteroatoms. The number of nitrogens with one attached hydrogen (secondary N) is 1. The van der Waals surface area contributed by atoms with Crippen molar-refractivity contribution < 1.29 is 9.59 Å². The summed E-state index contributed by atoms with van der Waals surface area (Å²) in [6.07, 6.45) is 0.0836. The maximum absolute atomic E-state index is 14.1. The molecule has 3 aromatic rings. The predicted octanol–water partition coefficient (Wildman–Crippen LogP) is 5.98. The lowest BCUT2D eigenvalue weighted by Gasteiger charge is -2.37. The van der Waals surface area contributed by atoms with Crippen molar-refractivity contribution in [1.82, 2.24) is 15.1 Å². The maximum Gasteiger partial charge on any atom is 0.239 e. The van der Waals surface area contributed by atoms with Crippen molar-refractivity contribution in [3.8, 4) is 0 Å². The molecule has 0 bridgehead atoms. The first-order valence-corrected chi connectivity index (χ1v) is 13.7. The standard InChI is InChI=1S/C29H31Cl2N3O2S/c1-20-4-14-25(15-5-20)37-29(28(36)32-16-17-33(2)3)18-26(35)34(19-21-6-10-23(30)11-7-21)27(29)22-8-12-24(31)13-9-22/h4-15,27H,16-19H2,1-3H3,(H,32,36). The van der Waals surface area contributed by atoms with Gasteiger partial charge in [0.2, 0.25) is 11.8 Å². The summed E-state index contributed by atoms with van der Waals surface area (Å²) in [6.45, 7) is 3.58. The Kier molecular flexibility index (Phi) is 8.86. The molecule has 1 heterocycles. The zero-order chi connectivity index (χ0) is 26.6. The van der Waals surface area contributed by atoms with Crippen LogP contribution in [0.3, 0.4) is 0 Å². The Balaban J connectivity index is 1.80. The SMILES string of the molecule is Cc1ccc(SC2(C(=O)NCCN(C)C)CC(=O)N(Cc3ccc(Cl)cc3)C2c2ccc(Cl)cc2)cc1. The number of amides is 2. The molecule has 0 spiro atoms. The topological polar surface area (TPSA) is 52.7 Å². The number of likely N-dealkylation sites (tertiary alicyclic amines) is 1. The minimum Gasteiger partial charge on any atom is -0.354 e. The molecular formula is C29H31Cl2N3O2S. The van der Waals surface area contributed by atoms with E-state index >= 15 is 0 Å². The van der Waals surface area contributed by atoms with E-state index in [4.69, 9.17) is 23.2 Å². The largest absolute Gasteiger partial charge is 0.354 e. The molecule has 0 aromatic heterocycles. The highest BCUT2D eigenvalue weighted by atomic mass is 35.5. The van der Waals surface area contributed by atoms with E-state index in [0.29, 0.717) is 29.7 Å². The summed E-state index contributed by atoms with van der Waals surface area (Å²) in [5, 5.41) is 4.36. The van der Waals surface area contributed by atoms with Crippen LogP contribution in [-0.4, -0.2) is 53.5 Å². The number of hydrogen-bond donors (Lipinski definition) is 1. The minimum absolute atomic E-state index is 0.0720. The number of hydrogen-bond acceptors (Lipinski definition) is 4. The predicted molar refractivity (Wildman–Crippen MR) is 152 cm³/mol. The van der Waals surface area contributed by atoms with Gasteiger partial charge in [0, 0.05) is 34.6 Å². The van der Waals surface area contributed by atoms with E-state index in [2.05, 4.69) is 5.32 Å². The lowest BCUT2D eigenvalue weighted by Crippen LogP contribution is -2.49. The third-order valence-corrected chi connectivity index (χ3v) is 8.42. The summed E-state index contributed by atoms with van der Waals surface area (Å²) < 4.78 is -1.07. The fourth-order valence-corrected chi connectivity index (χ4v) is 6.26. The minimum atomic E-state index is -1.07. The van der Waals surface area contributed by atoms with Crippen LogP contribution in [0.15, 0.2) is 77.7 Å². The van der Waals surface area contributed by atoms with E-state index < -0.39 is 10.8 Å². The molecule has 0 radical (unpaired) electrons. The van der Waals surface area contributed by atoms with Crippen LogP contribution in [0.1, 0.15) is 29.2 Å². The van der Waals surface area contributed by atoms with Gasteiger partial charge < -0.3 is 15.1 Å². The Bertz CT molecular complexity index is 1230. The smallest absolute Gasteiger partial charge is 0.239 e. The first kappa shape index (κ1) is 27.5. The maximum atomic E-state index is 14.1. The Labute approximate surface area is 233 Å². The molecule has 1 N–H and O–H groups in total. The molecule has 0 saturated carbocycles. The first-order valence-electron chi connectivity index (χ1n) is 12.2. The lowest BCUT2D eigenvalue weighted by molar-refractivity contribution is -0.129. The number of thioether (sulfide) groups is 1. The molecule has 2 atom stereocenters. The number of rotatable bonds is 9. The van der Waals surface area contributed by atoms with Crippen molar-refractivity contribution in [2.24, 2.45) is 0 Å². The van der Waals surface area contributed by atoms with Crippen molar-refractivity contribution >= 4 is 46.8 Å². The van der Waals surface area contributed by atoms with Gasteiger partial charge in [-0.3, -0.25) is 9.59 Å². The summed E-state index contributed by atoms with van der Waals surface area (Å²) in [7, 11) is 3.93. The van der Waals surface area contributed by atoms with Gasteiger partial charge in [0.1, 0.15) is 4.75 Å². The summed E-state index contributed by atoms with van der Waals surface area (Å²) in [5.74, 6) is -0.218. The van der Waals surface area contributed by atoms with Gasteiger partial charge in [-0.05, 0) is 68.5 Å². The van der Waals surface area contributed by atoms with E-state index in [1.807, 2.05) is 104 Å². The summed E-state index contributed by atoms with van der Waals surface area (Å²) in [5.41, 5.74) is 2.95. The molecule has 1 fully saturated rings. The number of nitrogens with zero attached hydrogens (tertiary/aromatic N) is 2. The van der Waals surface area contributed by atoms with Gasteiger partial charge in [-0.1, -0.05) is 65.2 Å². The zero-order valence-corrected chi connectivity index (χ0v) is 23.5. The van der Waals surface area contributed by atoms with Crippen molar-refractivity contribution in [1.29, 1.82) is 0 Å². The first-order chi connectivity index (χ1) is 17.7. The van der Waals surface area contributed by atoms with Crippen molar-refractivity contribution in [2.75, 3.05) is 27.2 Å². The Morgan fingerprint density at radius 1 is 1.00 bits per heavy atom. The second-order valence-electron chi connectivity index (χ2n) is 9.64. The number of likely N-dealkylation sites (N-methyl/N-ethyl adjacent to an activating group) is 1. The molecule has 2 unspecified atom stereocenters. The third kappa shape index (κ3) is 6.50. The molecular weight excluding hydrogens is 525 g/mol. The van der Waals surface area contributed by atoms with E-state index in [-0.39, 0.29) is 18.2 Å². The average molecular weight is 557 g/mol. The van der Waals surface area contributed by atoms with Crippen molar-refractivity contribution in [3.63, 3.8) is 0 Å². The van der Waals surface area contributed by atoms with Crippen molar-refractivity contribution in [2.45, 2.75) is 35.6 Å². The molecule has 1 aliphatic rings. The van der Waals surface area contributed by atoms with Crippen LogP contribution in [0.2, 0.25) is 10.0 Å². The van der Waals surface area contributed by atoms with Gasteiger partial charge in [0.15, 0.2) is 0 Å². The van der Waals surface area contributed by atoms with Gasteiger partial charge in [0.25, 0.3) is 0 Å². The number of aryl methyl sites for hydroxylation is 1. The average Bonchev–Trinajstić information content (AvgIpc) is 3.14. The van der Waals surface area contributed by atoms with E-state index in [9.17, 15) is 9.59 Å². The van der Waals surface area contributed by atoms with Gasteiger partial charge in [0.05, 0.1) is 12.5 Å². The van der Waals surface area contributed by atoms with Crippen LogP contribution in [0, 0.1) is 6.92 Å². The van der Waals surface area contributed by atoms with Crippen LogP contribution >= 0.6 is 35.0 Å². The molecule has 5 nitrogen and oxygen atoms in total. The summed E-state index contributed by atoms with van der Waals surface area (Å²) in [4.78, 5) is 32.6. The number of halogens is 2. The van der Waals surface area contributed by atoms with Crippen LogP contribution in [0.25, 0.3) is 0 Å². The van der Waals surface area contributed by atoms with Gasteiger partial charge >= 0.3 is 0 Å². The highest BCUT2D eigenvalue weighted by Crippen LogP contribution is 2.53. The Morgan fingerprint density at radius 3 is 2.19 bits per heavy atom. The van der Waals surface area contributed by atoms with Crippen LogP contribution in [0.4, 0.5) is 0 Å². The fraction of sp³-hybridized carbons (Fsp3) is 0.310. The Hall–Kier alpha value is -2.51. The molecule has 4 rings (SSSR count). The molecule has 1 aliphatic heterocycles. The third-order valence-electron chi connectivity index (χ3n) is 6.49. The normalized spacial score (nSPS) is 19.5. The molecule has 3 aromatic carbocycles. The second kappa shape index (κ2) is 11.9. The van der Waals surface area contributed by atoms with E-state index in [0.717, 1.165) is 21.6 Å². The van der Waals surface area contributed by atoms with Crippen molar-refractivity contribution in [3.05, 3.63) is 99.5 Å². The van der Waals surface area contributed by atoms with E-state index in [1.165, 1.54) is 11.8 Å². The molecule has 37 heavy (non-hydrogen) atoms. The molecule has 194 valence electrons. The molecule has 1 saturated heterocycles. The number of benzene rings is 3. The van der Waals surface area contributed by atoms with Crippen LogP contribution in [0.5, 0.6) is 0 Å². The molecule has 0 aliphatic carbocycles. The fourth-order valence-electron chi connectivity index (χ4n) is 4.58. The number of carbonyl (C=O) groups is 2. The molecule has 2 amide bonds. The van der Waals surface area contributed by atoms with Gasteiger partial charge in [-0.2, -0.15) is 0 Å². The van der Waals surface area contributed by atoms with E-state index in [1.54, 1.807) is 0 Å². The highest BCUT2D eigenvalue weighted by Gasteiger charge is 2.58. The second-order valence-corrected chi connectivity index (χ2v) is 11.9. The lowest BCUT2D eigenvalue weighted by atomic mass is 9.91. The Morgan fingerprint density at radius 2 is 1.59 bits per heavy atom. The van der Waals surface area contributed by atoms with Gasteiger partial charge in [-0.25, -0.2) is 0 Å². The number of carbonyl (C=O) groups excluding carboxylic acids is 2. The van der Waals surface area contributed by atoms with Crippen LogP contribution in [-0.2, 0) is 16.1 Å². The summed E-state index contributed by atoms with van der Waals surface area (Å²) in [6, 6.07) is 22.5.